The fourth-order valence-electron chi connectivity index (χ4n) is 2.17. The number of H-pyrrole nitrogens is 1. The lowest BCUT2D eigenvalue weighted by molar-refractivity contribution is -0.147. The average Bonchev–Trinajstić information content (AvgIpc) is 2.88. The molecule has 2 atom stereocenters. The van der Waals surface area contributed by atoms with Crippen LogP contribution in [0, 0.1) is 0 Å². The van der Waals surface area contributed by atoms with Crippen LogP contribution in [0.5, 0.6) is 0 Å². The number of ether oxygens (including phenoxy) is 1. The van der Waals surface area contributed by atoms with E-state index in [9.17, 15) is 19.8 Å². The van der Waals surface area contributed by atoms with Crippen molar-refractivity contribution in [3.8, 4) is 0 Å². The first-order valence-corrected chi connectivity index (χ1v) is 6.64. The van der Waals surface area contributed by atoms with Crippen LogP contribution in [0.1, 0.15) is 35.4 Å². The second kappa shape index (κ2) is 6.51. The lowest BCUT2D eigenvalue weighted by Crippen LogP contribution is -2.23. The number of aliphatic hydroxyl groups is 2. The molecule has 0 amide bonds. The maximum atomic E-state index is 11.3. The number of rotatable bonds is 6. The van der Waals surface area contributed by atoms with Gasteiger partial charge in [0.15, 0.2) is 6.29 Å². The van der Waals surface area contributed by atoms with E-state index in [1.807, 2.05) is 0 Å². The highest BCUT2D eigenvalue weighted by atomic mass is 16.5. The molecule has 3 N–H and O–H groups in total. The number of fused-ring (bicyclic) bond motifs is 1. The van der Waals surface area contributed by atoms with Crippen molar-refractivity contribution in [2.75, 3.05) is 6.61 Å². The number of aromatic nitrogens is 1. The molecular formula is C15H17NO5. The summed E-state index contributed by atoms with van der Waals surface area (Å²) in [7, 11) is 0. The average molecular weight is 291 g/mol. The Morgan fingerprint density at radius 3 is 2.86 bits per heavy atom. The van der Waals surface area contributed by atoms with Crippen molar-refractivity contribution in [3.63, 3.8) is 0 Å². The van der Waals surface area contributed by atoms with Gasteiger partial charge >= 0.3 is 5.97 Å². The van der Waals surface area contributed by atoms with E-state index in [1.165, 1.54) is 0 Å². The van der Waals surface area contributed by atoms with Gasteiger partial charge in [0.25, 0.3) is 0 Å². The zero-order valence-corrected chi connectivity index (χ0v) is 11.6. The summed E-state index contributed by atoms with van der Waals surface area (Å²) in [5, 5.41) is 20.7. The van der Waals surface area contributed by atoms with E-state index in [1.54, 1.807) is 31.3 Å². The van der Waals surface area contributed by atoms with Crippen LogP contribution in [0.3, 0.4) is 0 Å². The van der Waals surface area contributed by atoms with E-state index in [4.69, 9.17) is 4.74 Å². The van der Waals surface area contributed by atoms with Crippen molar-refractivity contribution in [1.29, 1.82) is 0 Å². The summed E-state index contributed by atoms with van der Waals surface area (Å²) in [5.41, 5.74) is 1.66. The third kappa shape index (κ3) is 3.29. The Bertz CT molecular complexity index is 649. The van der Waals surface area contributed by atoms with Crippen LogP contribution in [0.25, 0.3) is 10.9 Å². The first-order valence-electron chi connectivity index (χ1n) is 6.64. The SMILES string of the molecule is CCOC(=O)CC(O)C(O)c1ccc2c(C=O)c[nH]c2c1. The number of hydrogen-bond acceptors (Lipinski definition) is 5. The minimum Gasteiger partial charge on any atom is -0.466 e. The van der Waals surface area contributed by atoms with Crippen molar-refractivity contribution in [1.82, 2.24) is 4.98 Å². The second-order valence-electron chi connectivity index (χ2n) is 4.69. The van der Waals surface area contributed by atoms with Gasteiger partial charge in [0.2, 0.25) is 0 Å². The number of hydrogen-bond donors (Lipinski definition) is 3. The van der Waals surface area contributed by atoms with Crippen LogP contribution in [0.2, 0.25) is 0 Å². The highest BCUT2D eigenvalue weighted by molar-refractivity contribution is 5.97. The maximum Gasteiger partial charge on any atom is 0.308 e. The van der Waals surface area contributed by atoms with E-state index >= 15 is 0 Å². The Balaban J connectivity index is 2.17. The molecule has 0 radical (unpaired) electrons. The summed E-state index contributed by atoms with van der Waals surface area (Å²) in [6.07, 6.45) is -0.422. The second-order valence-corrected chi connectivity index (χ2v) is 4.69. The van der Waals surface area contributed by atoms with Gasteiger partial charge in [-0.2, -0.15) is 0 Å². The van der Waals surface area contributed by atoms with Gasteiger partial charge in [0, 0.05) is 22.7 Å². The number of nitrogens with one attached hydrogen (secondary N) is 1. The predicted octanol–water partition coefficient (Wildman–Crippen LogP) is 1.33. The van der Waals surface area contributed by atoms with Crippen LogP contribution in [-0.4, -0.2) is 40.2 Å². The number of aromatic amines is 1. The topological polar surface area (TPSA) is 99.6 Å². The normalized spacial score (nSPS) is 13.9. The molecule has 0 aliphatic heterocycles. The van der Waals surface area contributed by atoms with Gasteiger partial charge in [-0.1, -0.05) is 12.1 Å². The largest absolute Gasteiger partial charge is 0.466 e. The Hall–Kier alpha value is -2.18. The maximum absolute atomic E-state index is 11.3. The molecule has 2 unspecified atom stereocenters. The van der Waals surface area contributed by atoms with Crippen molar-refractivity contribution in [2.45, 2.75) is 25.6 Å². The van der Waals surface area contributed by atoms with Crippen molar-refractivity contribution in [3.05, 3.63) is 35.5 Å². The number of aliphatic hydroxyl groups excluding tert-OH is 2. The number of carbonyl (C=O) groups excluding carboxylic acids is 2. The fraction of sp³-hybridized carbons (Fsp3) is 0.333. The Kier molecular flexibility index (Phi) is 4.72. The summed E-state index contributed by atoms with van der Waals surface area (Å²) in [6.45, 7) is 1.90. The summed E-state index contributed by atoms with van der Waals surface area (Å²) in [5.74, 6) is -0.562. The molecule has 2 rings (SSSR count). The minimum atomic E-state index is -1.25. The highest BCUT2D eigenvalue weighted by Gasteiger charge is 2.22. The minimum absolute atomic E-state index is 0.227. The molecule has 1 aromatic heterocycles. The van der Waals surface area contributed by atoms with Gasteiger partial charge in [-0.25, -0.2) is 0 Å². The molecule has 6 nitrogen and oxygen atoms in total. The molecule has 0 spiro atoms. The molecular weight excluding hydrogens is 274 g/mol. The molecule has 1 aromatic carbocycles. The van der Waals surface area contributed by atoms with E-state index in [0.29, 0.717) is 16.6 Å². The van der Waals surface area contributed by atoms with E-state index in [0.717, 1.165) is 11.7 Å². The van der Waals surface area contributed by atoms with Crippen molar-refractivity contribution >= 4 is 23.2 Å². The van der Waals surface area contributed by atoms with Gasteiger partial charge in [-0.15, -0.1) is 0 Å². The quantitative estimate of drug-likeness (QED) is 0.550. The molecule has 0 aliphatic carbocycles. The van der Waals surface area contributed by atoms with Gasteiger partial charge in [-0.3, -0.25) is 9.59 Å². The molecule has 112 valence electrons. The molecule has 6 heteroatoms. The summed E-state index contributed by atoms with van der Waals surface area (Å²) in [6, 6.07) is 4.94. The summed E-state index contributed by atoms with van der Waals surface area (Å²) < 4.78 is 4.73. The zero-order chi connectivity index (χ0) is 15.4. The molecule has 0 saturated carbocycles. The van der Waals surface area contributed by atoms with Crippen LogP contribution >= 0.6 is 0 Å². The smallest absolute Gasteiger partial charge is 0.308 e. The fourth-order valence-corrected chi connectivity index (χ4v) is 2.17. The van der Waals surface area contributed by atoms with Crippen molar-refractivity contribution in [2.24, 2.45) is 0 Å². The first kappa shape index (κ1) is 15.2. The van der Waals surface area contributed by atoms with Gasteiger partial charge in [0.1, 0.15) is 6.10 Å². The standard InChI is InChI=1S/C15H17NO5/c1-2-21-14(19)6-13(18)15(20)9-3-4-11-10(8-17)7-16-12(11)5-9/h3-5,7-8,13,15-16,18,20H,2,6H2,1H3. The Morgan fingerprint density at radius 1 is 1.43 bits per heavy atom. The Morgan fingerprint density at radius 2 is 2.19 bits per heavy atom. The van der Waals surface area contributed by atoms with Crippen LogP contribution in [0.15, 0.2) is 24.4 Å². The third-order valence-corrected chi connectivity index (χ3v) is 3.25. The first-order chi connectivity index (χ1) is 10.1. The monoisotopic (exact) mass is 291 g/mol. The Labute approximate surface area is 121 Å². The van der Waals surface area contributed by atoms with Gasteiger partial charge in [-0.05, 0) is 18.6 Å². The van der Waals surface area contributed by atoms with Crippen molar-refractivity contribution < 1.29 is 24.5 Å². The van der Waals surface area contributed by atoms with Crippen LogP contribution in [0.4, 0.5) is 0 Å². The number of esters is 1. The predicted molar refractivity (Wildman–Crippen MR) is 75.9 cm³/mol. The molecule has 1 heterocycles. The summed E-state index contributed by atoms with van der Waals surface area (Å²) >= 11 is 0. The van der Waals surface area contributed by atoms with Crippen LogP contribution < -0.4 is 0 Å². The molecule has 0 fully saturated rings. The molecule has 0 saturated heterocycles. The number of carbonyl (C=O) groups is 2. The van der Waals surface area contributed by atoms with Crippen LogP contribution in [-0.2, 0) is 9.53 Å². The summed E-state index contributed by atoms with van der Waals surface area (Å²) in [4.78, 5) is 25.1. The number of benzene rings is 1. The zero-order valence-electron chi connectivity index (χ0n) is 11.6. The molecule has 0 bridgehead atoms. The number of aldehydes is 1. The van der Waals surface area contributed by atoms with E-state index in [-0.39, 0.29) is 13.0 Å². The lowest BCUT2D eigenvalue weighted by Gasteiger charge is -2.17. The van der Waals surface area contributed by atoms with Gasteiger partial charge in [0.05, 0.1) is 19.1 Å². The van der Waals surface area contributed by atoms with E-state index < -0.39 is 18.2 Å². The van der Waals surface area contributed by atoms with Gasteiger partial charge < -0.3 is 19.9 Å². The highest BCUT2D eigenvalue weighted by Crippen LogP contribution is 2.25. The lowest BCUT2D eigenvalue weighted by atomic mass is 10.0. The third-order valence-electron chi connectivity index (χ3n) is 3.25. The molecule has 2 aromatic rings. The molecule has 21 heavy (non-hydrogen) atoms. The molecule has 0 aliphatic rings. The van der Waals surface area contributed by atoms with E-state index in [2.05, 4.69) is 4.98 Å².